The van der Waals surface area contributed by atoms with Gasteiger partial charge in [-0.25, -0.2) is 13.8 Å². The Morgan fingerprint density at radius 3 is 2.69 bits per heavy atom. The van der Waals surface area contributed by atoms with Crippen LogP contribution in [0.3, 0.4) is 0 Å². The second kappa shape index (κ2) is 2.86. The van der Waals surface area contributed by atoms with Crippen molar-refractivity contribution in [3.63, 3.8) is 0 Å². The number of carbonyl (C=O) groups excluding carboxylic acids is 1. The van der Waals surface area contributed by atoms with Crippen molar-refractivity contribution in [3.8, 4) is 0 Å². The molecule has 0 aromatic carbocycles. The Bertz CT molecular complexity index is 254. The maximum absolute atomic E-state index is 12.5. The SMILES string of the molecule is O=C1N=CCCC1C1CC(F)(F)C1. The molecule has 2 aliphatic rings. The van der Waals surface area contributed by atoms with Gasteiger partial charge in [-0.1, -0.05) is 0 Å². The molecule has 4 heteroatoms. The molecule has 2 nitrogen and oxygen atoms in total. The quantitative estimate of drug-likeness (QED) is 0.617. The van der Waals surface area contributed by atoms with Crippen molar-refractivity contribution in [3.05, 3.63) is 0 Å². The summed E-state index contributed by atoms with van der Waals surface area (Å²) in [6, 6.07) is 0. The van der Waals surface area contributed by atoms with E-state index >= 15 is 0 Å². The zero-order valence-corrected chi connectivity index (χ0v) is 7.17. The van der Waals surface area contributed by atoms with Crippen LogP contribution in [0.1, 0.15) is 25.7 Å². The fraction of sp³-hybridized carbons (Fsp3) is 0.778. The van der Waals surface area contributed by atoms with Crippen LogP contribution in [0.15, 0.2) is 4.99 Å². The lowest BCUT2D eigenvalue weighted by atomic mass is 9.71. The molecule has 1 atom stereocenters. The molecule has 1 amide bonds. The third kappa shape index (κ3) is 1.62. The van der Waals surface area contributed by atoms with Gasteiger partial charge in [0.25, 0.3) is 0 Å². The smallest absolute Gasteiger partial charge is 0.248 e. The first-order chi connectivity index (χ1) is 6.08. The lowest BCUT2D eigenvalue weighted by Crippen LogP contribution is -2.42. The third-order valence-electron chi connectivity index (χ3n) is 2.83. The summed E-state index contributed by atoms with van der Waals surface area (Å²) in [4.78, 5) is 14.8. The van der Waals surface area contributed by atoms with E-state index in [1.807, 2.05) is 0 Å². The van der Waals surface area contributed by atoms with Gasteiger partial charge in [-0.15, -0.1) is 0 Å². The molecule has 0 radical (unpaired) electrons. The molecule has 1 unspecified atom stereocenters. The van der Waals surface area contributed by atoms with Crippen LogP contribution in [0.4, 0.5) is 8.78 Å². The molecule has 0 spiro atoms. The standard InChI is InChI=1S/C9H11F2NO/c10-9(11)4-6(5-9)7-2-1-3-12-8(7)13/h3,6-7H,1-2,4-5H2. The number of hydrogen-bond donors (Lipinski definition) is 0. The summed E-state index contributed by atoms with van der Waals surface area (Å²) in [5.41, 5.74) is 0. The topological polar surface area (TPSA) is 29.4 Å². The molecular weight excluding hydrogens is 176 g/mol. The zero-order chi connectivity index (χ0) is 9.47. The molecule has 1 heterocycles. The molecule has 1 fully saturated rings. The molecule has 0 aromatic heterocycles. The normalized spacial score (nSPS) is 33.1. The fourth-order valence-electron chi connectivity index (χ4n) is 2.06. The molecule has 0 N–H and O–H groups in total. The summed E-state index contributed by atoms with van der Waals surface area (Å²) in [5.74, 6) is -3.08. The summed E-state index contributed by atoms with van der Waals surface area (Å²) in [5, 5.41) is 0. The van der Waals surface area contributed by atoms with Gasteiger partial charge in [0.2, 0.25) is 11.8 Å². The highest BCUT2D eigenvalue weighted by atomic mass is 19.3. The zero-order valence-electron chi connectivity index (χ0n) is 7.17. The van der Waals surface area contributed by atoms with E-state index in [9.17, 15) is 13.6 Å². The van der Waals surface area contributed by atoms with Gasteiger partial charge in [-0.3, -0.25) is 4.79 Å². The molecule has 1 aliphatic heterocycles. The molecule has 0 aromatic rings. The third-order valence-corrected chi connectivity index (χ3v) is 2.83. The van der Waals surface area contributed by atoms with Crippen LogP contribution in [0.5, 0.6) is 0 Å². The van der Waals surface area contributed by atoms with Crippen LogP contribution >= 0.6 is 0 Å². The Morgan fingerprint density at radius 1 is 1.46 bits per heavy atom. The van der Waals surface area contributed by atoms with Crippen LogP contribution in [0.25, 0.3) is 0 Å². The maximum atomic E-state index is 12.5. The number of amides is 1. The van der Waals surface area contributed by atoms with Crippen molar-refractivity contribution in [1.29, 1.82) is 0 Å². The number of nitrogens with zero attached hydrogens (tertiary/aromatic N) is 1. The summed E-state index contributed by atoms with van der Waals surface area (Å²) in [7, 11) is 0. The highest BCUT2D eigenvalue weighted by Crippen LogP contribution is 2.47. The number of carbonyl (C=O) groups is 1. The average molecular weight is 187 g/mol. The van der Waals surface area contributed by atoms with E-state index in [4.69, 9.17) is 0 Å². The van der Waals surface area contributed by atoms with E-state index in [0.717, 1.165) is 6.42 Å². The molecule has 72 valence electrons. The van der Waals surface area contributed by atoms with Crippen LogP contribution in [-0.4, -0.2) is 18.0 Å². The molecule has 13 heavy (non-hydrogen) atoms. The van der Waals surface area contributed by atoms with Gasteiger partial charge in [0.05, 0.1) is 0 Å². The summed E-state index contributed by atoms with van der Waals surface area (Å²) in [6.45, 7) is 0. The fourth-order valence-corrected chi connectivity index (χ4v) is 2.06. The first kappa shape index (κ1) is 8.78. The highest BCUT2D eigenvalue weighted by Gasteiger charge is 2.50. The Balaban J connectivity index is 1.96. The van der Waals surface area contributed by atoms with Gasteiger partial charge in [-0.05, 0) is 18.8 Å². The Morgan fingerprint density at radius 2 is 2.15 bits per heavy atom. The van der Waals surface area contributed by atoms with E-state index in [2.05, 4.69) is 4.99 Å². The van der Waals surface area contributed by atoms with E-state index in [1.165, 1.54) is 0 Å². The largest absolute Gasteiger partial charge is 0.272 e. The minimum atomic E-state index is -2.52. The van der Waals surface area contributed by atoms with Gasteiger partial charge in [0.1, 0.15) is 0 Å². The lowest BCUT2D eigenvalue weighted by Gasteiger charge is -2.39. The van der Waals surface area contributed by atoms with Crippen LogP contribution in [0, 0.1) is 11.8 Å². The van der Waals surface area contributed by atoms with E-state index in [0.29, 0.717) is 6.42 Å². The Hall–Kier alpha value is -0.800. The van der Waals surface area contributed by atoms with Gasteiger partial charge in [0.15, 0.2) is 0 Å². The van der Waals surface area contributed by atoms with E-state index in [1.54, 1.807) is 6.21 Å². The van der Waals surface area contributed by atoms with Crippen molar-refractivity contribution < 1.29 is 13.6 Å². The number of alkyl halides is 2. The van der Waals surface area contributed by atoms with Crippen LogP contribution in [0.2, 0.25) is 0 Å². The average Bonchev–Trinajstić information content (AvgIpc) is 2.01. The molecule has 0 bridgehead atoms. The van der Waals surface area contributed by atoms with Gasteiger partial charge >= 0.3 is 0 Å². The number of halogens is 2. The Kier molecular flexibility index (Phi) is 1.93. The van der Waals surface area contributed by atoms with Gasteiger partial charge in [0, 0.05) is 25.0 Å². The number of rotatable bonds is 1. The molecule has 0 saturated heterocycles. The molecule has 1 saturated carbocycles. The second-order valence-corrected chi connectivity index (χ2v) is 3.86. The van der Waals surface area contributed by atoms with E-state index in [-0.39, 0.29) is 30.6 Å². The second-order valence-electron chi connectivity index (χ2n) is 3.86. The maximum Gasteiger partial charge on any atom is 0.248 e. The van der Waals surface area contributed by atoms with Crippen molar-refractivity contribution in [2.45, 2.75) is 31.6 Å². The minimum absolute atomic E-state index is 0.125. The van der Waals surface area contributed by atoms with Crippen LogP contribution in [-0.2, 0) is 4.79 Å². The number of aliphatic imine (C=N–C) groups is 1. The van der Waals surface area contributed by atoms with Crippen LogP contribution < -0.4 is 0 Å². The van der Waals surface area contributed by atoms with Crippen molar-refractivity contribution >= 4 is 12.1 Å². The Labute approximate surface area is 75.0 Å². The molecule has 1 aliphatic carbocycles. The van der Waals surface area contributed by atoms with Gasteiger partial charge < -0.3 is 0 Å². The first-order valence-corrected chi connectivity index (χ1v) is 4.53. The van der Waals surface area contributed by atoms with Crippen molar-refractivity contribution in [2.75, 3.05) is 0 Å². The predicted molar refractivity (Wildman–Crippen MR) is 43.9 cm³/mol. The summed E-state index contributed by atoms with van der Waals surface area (Å²) < 4.78 is 25.0. The lowest BCUT2D eigenvalue weighted by molar-refractivity contribution is -0.144. The minimum Gasteiger partial charge on any atom is -0.272 e. The predicted octanol–water partition coefficient (Wildman–Crippen LogP) is 2.04. The van der Waals surface area contributed by atoms with Crippen molar-refractivity contribution in [1.82, 2.24) is 0 Å². The van der Waals surface area contributed by atoms with Crippen molar-refractivity contribution in [2.24, 2.45) is 16.8 Å². The summed E-state index contributed by atoms with van der Waals surface area (Å²) in [6.07, 6.45) is 2.77. The molecular formula is C9H11F2NO. The first-order valence-electron chi connectivity index (χ1n) is 4.53. The highest BCUT2D eigenvalue weighted by molar-refractivity contribution is 5.89. The number of hydrogen-bond acceptors (Lipinski definition) is 1. The molecule has 2 rings (SSSR count). The summed E-state index contributed by atoms with van der Waals surface area (Å²) >= 11 is 0. The monoisotopic (exact) mass is 187 g/mol. The van der Waals surface area contributed by atoms with E-state index < -0.39 is 5.92 Å². The van der Waals surface area contributed by atoms with Gasteiger partial charge in [-0.2, -0.15) is 0 Å².